The third kappa shape index (κ3) is 4.19. The molecular formula is C16H20ClN3S. The van der Waals surface area contributed by atoms with Crippen molar-refractivity contribution in [3.05, 3.63) is 45.7 Å². The van der Waals surface area contributed by atoms with Crippen LogP contribution in [0.5, 0.6) is 0 Å². The molecule has 0 aliphatic rings. The number of nitrogens with zero attached hydrogens (tertiary/aromatic N) is 2. The predicted molar refractivity (Wildman–Crippen MR) is 89.2 cm³/mol. The van der Waals surface area contributed by atoms with Gasteiger partial charge in [0.15, 0.2) is 5.16 Å². The van der Waals surface area contributed by atoms with Crippen LogP contribution < -0.4 is 5.73 Å². The van der Waals surface area contributed by atoms with Crippen LogP contribution in [-0.2, 0) is 6.42 Å². The van der Waals surface area contributed by atoms with Gasteiger partial charge >= 0.3 is 0 Å². The summed E-state index contributed by atoms with van der Waals surface area (Å²) in [6, 6.07) is 6.18. The first-order valence-corrected chi connectivity index (χ1v) is 8.10. The highest BCUT2D eigenvalue weighted by atomic mass is 35.5. The largest absolute Gasteiger partial charge is 0.328 e. The number of rotatable bonds is 4. The number of hydrogen-bond donors (Lipinski definition) is 1. The highest BCUT2D eigenvalue weighted by molar-refractivity contribution is 7.99. The Morgan fingerprint density at radius 2 is 1.81 bits per heavy atom. The van der Waals surface area contributed by atoms with E-state index in [0.717, 1.165) is 44.0 Å². The van der Waals surface area contributed by atoms with Crippen molar-refractivity contribution >= 4 is 23.4 Å². The molecule has 5 heteroatoms. The average molecular weight is 322 g/mol. The van der Waals surface area contributed by atoms with Gasteiger partial charge in [-0.05, 0) is 69.1 Å². The molecule has 0 amide bonds. The summed E-state index contributed by atoms with van der Waals surface area (Å²) in [6.45, 7) is 8.03. The van der Waals surface area contributed by atoms with Crippen LogP contribution in [0, 0.1) is 20.8 Å². The lowest BCUT2D eigenvalue weighted by atomic mass is 10.1. The summed E-state index contributed by atoms with van der Waals surface area (Å²) < 4.78 is 0. The summed E-state index contributed by atoms with van der Waals surface area (Å²) in [7, 11) is 0. The van der Waals surface area contributed by atoms with Gasteiger partial charge in [-0.2, -0.15) is 0 Å². The molecular weight excluding hydrogens is 302 g/mol. The highest BCUT2D eigenvalue weighted by Crippen LogP contribution is 2.32. The van der Waals surface area contributed by atoms with Gasteiger partial charge in [0.2, 0.25) is 0 Å². The molecule has 0 bridgehead atoms. The standard InChI is InChI=1S/C16H20ClN3S/c1-9(18)7-13-5-6-15(14(17)8-13)21-16-19-11(3)10(2)12(4)20-16/h5-6,8-9H,7,18H2,1-4H3. The summed E-state index contributed by atoms with van der Waals surface area (Å²) in [5, 5.41) is 1.45. The Morgan fingerprint density at radius 3 is 2.33 bits per heavy atom. The van der Waals surface area contributed by atoms with Crippen molar-refractivity contribution in [1.82, 2.24) is 9.97 Å². The predicted octanol–water partition coefficient (Wildman–Crippen LogP) is 4.10. The van der Waals surface area contributed by atoms with E-state index in [-0.39, 0.29) is 6.04 Å². The Balaban J connectivity index is 2.24. The summed E-state index contributed by atoms with van der Waals surface area (Å²) in [5.74, 6) is 0. The van der Waals surface area contributed by atoms with Gasteiger partial charge in [0.05, 0.1) is 5.02 Å². The molecule has 1 unspecified atom stereocenters. The third-order valence-electron chi connectivity index (χ3n) is 3.37. The van der Waals surface area contributed by atoms with Gasteiger partial charge in [0.1, 0.15) is 0 Å². The van der Waals surface area contributed by atoms with Gasteiger partial charge in [-0.1, -0.05) is 17.7 Å². The molecule has 0 saturated carbocycles. The average Bonchev–Trinajstić information content (AvgIpc) is 2.38. The van der Waals surface area contributed by atoms with Gasteiger partial charge in [-0.3, -0.25) is 0 Å². The van der Waals surface area contributed by atoms with Crippen LogP contribution in [0.2, 0.25) is 5.02 Å². The number of aryl methyl sites for hydroxylation is 2. The third-order valence-corrected chi connectivity index (χ3v) is 4.73. The zero-order chi connectivity index (χ0) is 15.6. The first kappa shape index (κ1) is 16.3. The Kier molecular flexibility index (Phi) is 5.25. The minimum Gasteiger partial charge on any atom is -0.328 e. The Morgan fingerprint density at radius 1 is 1.19 bits per heavy atom. The molecule has 0 saturated heterocycles. The fraction of sp³-hybridized carbons (Fsp3) is 0.375. The molecule has 1 aromatic heterocycles. The lowest BCUT2D eigenvalue weighted by molar-refractivity contribution is 0.737. The van der Waals surface area contributed by atoms with Crippen LogP contribution in [0.15, 0.2) is 28.3 Å². The van der Waals surface area contributed by atoms with E-state index < -0.39 is 0 Å². The van der Waals surface area contributed by atoms with E-state index >= 15 is 0 Å². The molecule has 1 atom stereocenters. The topological polar surface area (TPSA) is 51.8 Å². The second kappa shape index (κ2) is 6.77. The molecule has 1 heterocycles. The lowest BCUT2D eigenvalue weighted by Crippen LogP contribution is -2.17. The maximum atomic E-state index is 6.36. The highest BCUT2D eigenvalue weighted by Gasteiger charge is 2.10. The molecule has 0 aliphatic carbocycles. The number of halogens is 1. The number of benzene rings is 1. The molecule has 2 rings (SSSR count). The molecule has 1 aromatic carbocycles. The van der Waals surface area contributed by atoms with Crippen molar-refractivity contribution in [2.45, 2.75) is 50.2 Å². The van der Waals surface area contributed by atoms with Crippen molar-refractivity contribution < 1.29 is 0 Å². The summed E-state index contributed by atoms with van der Waals surface area (Å²) >= 11 is 7.85. The van der Waals surface area contributed by atoms with Gasteiger partial charge < -0.3 is 5.73 Å². The normalized spacial score (nSPS) is 12.5. The van der Waals surface area contributed by atoms with Gasteiger partial charge in [0.25, 0.3) is 0 Å². The summed E-state index contributed by atoms with van der Waals surface area (Å²) in [4.78, 5) is 9.99. The molecule has 0 aliphatic heterocycles. The van der Waals surface area contributed by atoms with Gasteiger partial charge in [-0.15, -0.1) is 0 Å². The van der Waals surface area contributed by atoms with Crippen LogP contribution in [-0.4, -0.2) is 16.0 Å². The first-order chi connectivity index (χ1) is 9.86. The number of hydrogen-bond acceptors (Lipinski definition) is 4. The van der Waals surface area contributed by atoms with Gasteiger partial charge in [-0.25, -0.2) is 9.97 Å². The fourth-order valence-corrected chi connectivity index (χ4v) is 3.18. The molecule has 112 valence electrons. The summed E-state index contributed by atoms with van der Waals surface area (Å²) in [6.07, 6.45) is 0.823. The van der Waals surface area contributed by atoms with E-state index in [2.05, 4.69) is 16.0 Å². The van der Waals surface area contributed by atoms with Crippen LogP contribution >= 0.6 is 23.4 Å². The quantitative estimate of drug-likeness (QED) is 0.861. The van der Waals surface area contributed by atoms with Crippen molar-refractivity contribution in [3.8, 4) is 0 Å². The van der Waals surface area contributed by atoms with Crippen LogP contribution in [0.4, 0.5) is 0 Å². The Labute approximate surface area is 135 Å². The number of aromatic nitrogens is 2. The SMILES string of the molecule is Cc1nc(Sc2ccc(CC(C)N)cc2Cl)nc(C)c1C. The van der Waals surface area contributed by atoms with Crippen molar-refractivity contribution in [2.24, 2.45) is 5.73 Å². The molecule has 0 spiro atoms. The maximum Gasteiger partial charge on any atom is 0.192 e. The van der Waals surface area contributed by atoms with Crippen molar-refractivity contribution in [1.29, 1.82) is 0 Å². The molecule has 2 aromatic rings. The van der Waals surface area contributed by atoms with Crippen LogP contribution in [0.3, 0.4) is 0 Å². The van der Waals surface area contributed by atoms with E-state index in [1.54, 1.807) is 0 Å². The summed E-state index contributed by atoms with van der Waals surface area (Å²) in [5.41, 5.74) is 10.1. The van der Waals surface area contributed by atoms with Gasteiger partial charge in [0, 0.05) is 22.3 Å². The zero-order valence-electron chi connectivity index (χ0n) is 12.8. The van der Waals surface area contributed by atoms with E-state index in [9.17, 15) is 0 Å². The monoisotopic (exact) mass is 321 g/mol. The molecule has 3 nitrogen and oxygen atoms in total. The maximum absolute atomic E-state index is 6.36. The minimum atomic E-state index is 0.130. The minimum absolute atomic E-state index is 0.130. The Bertz CT molecular complexity index is 633. The van der Waals surface area contributed by atoms with E-state index in [1.165, 1.54) is 11.8 Å². The lowest BCUT2D eigenvalue weighted by Gasteiger charge is -2.10. The molecule has 0 fully saturated rings. The van der Waals surface area contributed by atoms with Crippen LogP contribution in [0.25, 0.3) is 0 Å². The zero-order valence-corrected chi connectivity index (χ0v) is 14.3. The molecule has 21 heavy (non-hydrogen) atoms. The molecule has 0 radical (unpaired) electrons. The number of nitrogens with two attached hydrogens (primary N) is 1. The van der Waals surface area contributed by atoms with E-state index in [4.69, 9.17) is 17.3 Å². The molecule has 2 N–H and O–H groups in total. The first-order valence-electron chi connectivity index (χ1n) is 6.90. The van der Waals surface area contributed by atoms with E-state index in [1.807, 2.05) is 39.8 Å². The van der Waals surface area contributed by atoms with Crippen molar-refractivity contribution in [2.75, 3.05) is 0 Å². The second-order valence-electron chi connectivity index (χ2n) is 5.35. The Hall–Kier alpha value is -1.10. The van der Waals surface area contributed by atoms with Crippen LogP contribution in [0.1, 0.15) is 29.4 Å². The second-order valence-corrected chi connectivity index (χ2v) is 6.77. The smallest absolute Gasteiger partial charge is 0.192 e. The van der Waals surface area contributed by atoms with Crippen molar-refractivity contribution in [3.63, 3.8) is 0 Å². The fourth-order valence-electron chi connectivity index (χ4n) is 2.01. The van der Waals surface area contributed by atoms with E-state index in [0.29, 0.717) is 0 Å².